The molecule has 0 amide bonds. The van der Waals surface area contributed by atoms with Gasteiger partial charge in [-0.1, -0.05) is 40.0 Å². The molecule has 0 heterocycles. The van der Waals surface area contributed by atoms with Crippen molar-refractivity contribution in [2.24, 2.45) is 17.8 Å². The van der Waals surface area contributed by atoms with Crippen LogP contribution in [0.15, 0.2) is 0 Å². The van der Waals surface area contributed by atoms with Gasteiger partial charge in [-0.25, -0.2) is 0 Å². The van der Waals surface area contributed by atoms with Crippen LogP contribution in [0.2, 0.25) is 0 Å². The van der Waals surface area contributed by atoms with Gasteiger partial charge in [0, 0.05) is 0 Å². The zero-order valence-electron chi connectivity index (χ0n) is 8.27. The third-order valence-electron chi connectivity index (χ3n) is 3.45. The maximum Gasteiger partial charge on any atom is -0.0386 e. The summed E-state index contributed by atoms with van der Waals surface area (Å²) in [5, 5.41) is 0. The molecule has 11 heavy (non-hydrogen) atoms. The Morgan fingerprint density at radius 3 is 2.18 bits per heavy atom. The van der Waals surface area contributed by atoms with E-state index in [-0.39, 0.29) is 0 Å². The van der Waals surface area contributed by atoms with E-state index in [1.54, 1.807) is 0 Å². The van der Waals surface area contributed by atoms with E-state index in [1.807, 2.05) is 0 Å². The van der Waals surface area contributed by atoms with Gasteiger partial charge in [-0.3, -0.25) is 0 Å². The molecule has 0 heteroatoms. The summed E-state index contributed by atoms with van der Waals surface area (Å²) in [5.74, 6) is 3.10. The maximum absolute atomic E-state index is 2.41. The molecule has 0 aromatic heterocycles. The minimum Gasteiger partial charge on any atom is -0.0651 e. The highest BCUT2D eigenvalue weighted by Crippen LogP contribution is 2.36. The summed E-state index contributed by atoms with van der Waals surface area (Å²) in [6.07, 6.45) is 7.29. The van der Waals surface area contributed by atoms with Crippen LogP contribution >= 0.6 is 0 Å². The zero-order valence-corrected chi connectivity index (χ0v) is 8.27. The minimum absolute atomic E-state index is 1.00. The first-order chi connectivity index (χ1) is 5.27. The van der Waals surface area contributed by atoms with E-state index in [9.17, 15) is 0 Å². The maximum atomic E-state index is 2.41. The van der Waals surface area contributed by atoms with E-state index in [0.29, 0.717) is 0 Å². The Morgan fingerprint density at radius 1 is 1.00 bits per heavy atom. The summed E-state index contributed by atoms with van der Waals surface area (Å²) in [6.45, 7) is 7.11. The van der Waals surface area contributed by atoms with Crippen LogP contribution in [0.1, 0.15) is 52.9 Å². The van der Waals surface area contributed by atoms with Crippen LogP contribution in [0.25, 0.3) is 0 Å². The van der Waals surface area contributed by atoms with Gasteiger partial charge in [-0.2, -0.15) is 0 Å². The first-order valence-electron chi connectivity index (χ1n) is 5.27. The van der Waals surface area contributed by atoms with Crippen molar-refractivity contribution >= 4 is 0 Å². The lowest BCUT2D eigenvalue weighted by molar-refractivity contribution is 0.179. The van der Waals surface area contributed by atoms with Crippen molar-refractivity contribution in [1.82, 2.24) is 0 Å². The molecule has 0 aromatic carbocycles. The zero-order chi connectivity index (χ0) is 8.27. The Balaban J connectivity index is 2.41. The Kier molecular flexibility index (Phi) is 3.42. The standard InChI is InChI=1S/C11H22/c1-4-10-7-6-9(3)8-11(10)5-2/h9-11H,4-8H2,1-3H3/t9?,10-,11+/m1/s1. The molecule has 0 bridgehead atoms. The molecule has 0 saturated heterocycles. The van der Waals surface area contributed by atoms with Crippen LogP contribution in [0.4, 0.5) is 0 Å². The van der Waals surface area contributed by atoms with E-state index in [1.165, 1.54) is 32.1 Å². The van der Waals surface area contributed by atoms with Gasteiger partial charge in [0.05, 0.1) is 0 Å². The summed E-state index contributed by atoms with van der Waals surface area (Å²) < 4.78 is 0. The highest BCUT2D eigenvalue weighted by molar-refractivity contribution is 4.76. The van der Waals surface area contributed by atoms with E-state index in [2.05, 4.69) is 20.8 Å². The molecule has 1 fully saturated rings. The normalized spacial score (nSPS) is 39.0. The molecular weight excluding hydrogens is 132 g/mol. The summed E-state index contributed by atoms with van der Waals surface area (Å²) in [6, 6.07) is 0. The smallest absolute Gasteiger partial charge is 0.0386 e. The fourth-order valence-electron chi connectivity index (χ4n) is 2.60. The van der Waals surface area contributed by atoms with E-state index >= 15 is 0 Å². The fourth-order valence-corrected chi connectivity index (χ4v) is 2.60. The molecule has 1 rings (SSSR count). The Hall–Kier alpha value is 0. The van der Waals surface area contributed by atoms with Crippen molar-refractivity contribution < 1.29 is 0 Å². The lowest BCUT2D eigenvalue weighted by Crippen LogP contribution is -2.22. The molecule has 1 saturated carbocycles. The molecule has 3 atom stereocenters. The number of hydrogen-bond donors (Lipinski definition) is 0. The third kappa shape index (κ3) is 2.21. The lowest BCUT2D eigenvalue weighted by Gasteiger charge is -2.33. The SMILES string of the molecule is CC[C@@H]1CCC(C)C[C@@H]1CC. The second kappa shape index (κ2) is 4.13. The second-order valence-electron chi connectivity index (χ2n) is 4.25. The average Bonchev–Trinajstić information content (AvgIpc) is 2.04. The summed E-state index contributed by atoms with van der Waals surface area (Å²) in [5.41, 5.74) is 0. The molecule has 0 radical (unpaired) electrons. The Labute approximate surface area is 71.4 Å². The van der Waals surface area contributed by atoms with Crippen molar-refractivity contribution in [3.63, 3.8) is 0 Å². The predicted octanol–water partition coefficient (Wildman–Crippen LogP) is 3.86. The van der Waals surface area contributed by atoms with Crippen LogP contribution in [0.5, 0.6) is 0 Å². The summed E-state index contributed by atoms with van der Waals surface area (Å²) in [7, 11) is 0. The topological polar surface area (TPSA) is 0 Å². The third-order valence-corrected chi connectivity index (χ3v) is 3.45. The Bertz CT molecular complexity index is 107. The first kappa shape index (κ1) is 9.09. The van der Waals surface area contributed by atoms with E-state index in [4.69, 9.17) is 0 Å². The van der Waals surface area contributed by atoms with Crippen molar-refractivity contribution in [2.75, 3.05) is 0 Å². The van der Waals surface area contributed by atoms with Crippen LogP contribution < -0.4 is 0 Å². The summed E-state index contributed by atoms with van der Waals surface area (Å²) in [4.78, 5) is 0. The van der Waals surface area contributed by atoms with Crippen molar-refractivity contribution in [3.05, 3.63) is 0 Å². The largest absolute Gasteiger partial charge is 0.0651 e. The molecule has 1 aliphatic carbocycles. The molecule has 1 aliphatic rings. The van der Waals surface area contributed by atoms with Gasteiger partial charge in [0.25, 0.3) is 0 Å². The highest BCUT2D eigenvalue weighted by atomic mass is 14.3. The van der Waals surface area contributed by atoms with Gasteiger partial charge < -0.3 is 0 Å². The predicted molar refractivity (Wildman–Crippen MR) is 50.6 cm³/mol. The van der Waals surface area contributed by atoms with Gasteiger partial charge in [-0.15, -0.1) is 0 Å². The fraction of sp³-hybridized carbons (Fsp3) is 1.00. The van der Waals surface area contributed by atoms with Crippen LogP contribution in [-0.2, 0) is 0 Å². The molecule has 0 spiro atoms. The van der Waals surface area contributed by atoms with Gasteiger partial charge >= 0.3 is 0 Å². The number of hydrogen-bond acceptors (Lipinski definition) is 0. The van der Waals surface area contributed by atoms with Gasteiger partial charge in [-0.05, 0) is 30.6 Å². The molecule has 1 unspecified atom stereocenters. The second-order valence-corrected chi connectivity index (χ2v) is 4.25. The molecule has 0 N–H and O–H groups in total. The first-order valence-corrected chi connectivity index (χ1v) is 5.27. The molecule has 66 valence electrons. The number of rotatable bonds is 2. The van der Waals surface area contributed by atoms with E-state index < -0.39 is 0 Å². The van der Waals surface area contributed by atoms with Crippen LogP contribution in [0, 0.1) is 17.8 Å². The van der Waals surface area contributed by atoms with Gasteiger partial charge in [0.2, 0.25) is 0 Å². The van der Waals surface area contributed by atoms with Crippen LogP contribution in [0.3, 0.4) is 0 Å². The van der Waals surface area contributed by atoms with Crippen LogP contribution in [-0.4, -0.2) is 0 Å². The van der Waals surface area contributed by atoms with Crippen molar-refractivity contribution in [1.29, 1.82) is 0 Å². The minimum atomic E-state index is 1.00. The van der Waals surface area contributed by atoms with Gasteiger partial charge in [0.1, 0.15) is 0 Å². The summed E-state index contributed by atoms with van der Waals surface area (Å²) >= 11 is 0. The highest BCUT2D eigenvalue weighted by Gasteiger charge is 2.25. The van der Waals surface area contributed by atoms with Crippen molar-refractivity contribution in [3.8, 4) is 0 Å². The molecule has 0 nitrogen and oxygen atoms in total. The average molecular weight is 154 g/mol. The monoisotopic (exact) mass is 154 g/mol. The molecule has 0 aliphatic heterocycles. The Morgan fingerprint density at radius 2 is 1.64 bits per heavy atom. The van der Waals surface area contributed by atoms with Crippen molar-refractivity contribution in [2.45, 2.75) is 52.9 Å². The van der Waals surface area contributed by atoms with E-state index in [0.717, 1.165) is 17.8 Å². The molecular formula is C11H22. The quantitative estimate of drug-likeness (QED) is 0.566. The lowest BCUT2D eigenvalue weighted by atomic mass is 9.72. The van der Waals surface area contributed by atoms with Gasteiger partial charge in [0.15, 0.2) is 0 Å². The molecule has 0 aromatic rings.